The zero-order valence-electron chi connectivity index (χ0n) is 9.19. The Morgan fingerprint density at radius 1 is 1.31 bits per heavy atom. The third-order valence-corrected chi connectivity index (χ3v) is 3.75. The van der Waals surface area contributed by atoms with Crippen molar-refractivity contribution >= 4 is 15.9 Å². The third-order valence-electron chi connectivity index (χ3n) is 3.03. The summed E-state index contributed by atoms with van der Waals surface area (Å²) in [6.07, 6.45) is 0. The summed E-state index contributed by atoms with van der Waals surface area (Å²) >= 11 is 3.55. The normalized spacial score (nSPS) is 19.6. The Bertz CT molecular complexity index is 340. The molecule has 1 aromatic rings. The van der Waals surface area contributed by atoms with E-state index in [4.69, 9.17) is 0 Å². The van der Waals surface area contributed by atoms with Gasteiger partial charge in [0.1, 0.15) is 0 Å². The van der Waals surface area contributed by atoms with E-state index in [0.29, 0.717) is 0 Å². The molecule has 0 aliphatic carbocycles. The lowest BCUT2D eigenvalue weighted by molar-refractivity contribution is 0.110. The smallest absolute Gasteiger partial charge is 0.0629 e. The van der Waals surface area contributed by atoms with E-state index in [1.807, 2.05) is 18.2 Å². The minimum atomic E-state index is 0.109. The van der Waals surface area contributed by atoms with E-state index < -0.39 is 0 Å². The first kappa shape index (κ1) is 12.0. The van der Waals surface area contributed by atoms with Crippen LogP contribution in [0.1, 0.15) is 11.6 Å². The minimum absolute atomic E-state index is 0.109. The Labute approximate surface area is 105 Å². The lowest BCUT2D eigenvalue weighted by atomic mass is 10.1. The van der Waals surface area contributed by atoms with Crippen molar-refractivity contribution < 1.29 is 5.11 Å². The van der Waals surface area contributed by atoms with Crippen molar-refractivity contribution in [1.29, 1.82) is 0 Å². The molecular formula is C12H17BrN2O. The van der Waals surface area contributed by atoms with Gasteiger partial charge in [-0.2, -0.15) is 0 Å². The van der Waals surface area contributed by atoms with Crippen LogP contribution in [0.15, 0.2) is 28.7 Å². The highest BCUT2D eigenvalue weighted by molar-refractivity contribution is 9.10. The maximum absolute atomic E-state index is 9.57. The van der Waals surface area contributed by atoms with E-state index in [1.165, 1.54) is 5.56 Å². The first-order chi connectivity index (χ1) is 7.83. The third kappa shape index (κ3) is 2.63. The van der Waals surface area contributed by atoms with E-state index in [2.05, 4.69) is 32.2 Å². The molecule has 0 bridgehead atoms. The van der Waals surface area contributed by atoms with E-state index in [0.717, 1.165) is 30.7 Å². The summed E-state index contributed by atoms with van der Waals surface area (Å²) in [7, 11) is 0. The summed E-state index contributed by atoms with van der Waals surface area (Å²) in [6.45, 7) is 4.16. The fourth-order valence-corrected chi connectivity index (χ4v) is 2.70. The molecule has 4 heteroatoms. The van der Waals surface area contributed by atoms with Crippen LogP contribution in [-0.2, 0) is 0 Å². The Morgan fingerprint density at radius 2 is 2.00 bits per heavy atom. The second-order valence-electron chi connectivity index (χ2n) is 4.01. The number of aliphatic hydroxyl groups is 1. The second kappa shape index (κ2) is 5.77. The standard InChI is InChI=1S/C12H17BrN2O/c13-11-4-2-1-3-10(11)12(9-16)15-7-5-14-6-8-15/h1-4,12,14,16H,5-9H2/t12-/m1/s1. The highest BCUT2D eigenvalue weighted by atomic mass is 79.9. The van der Waals surface area contributed by atoms with Gasteiger partial charge in [0.2, 0.25) is 0 Å². The molecule has 1 aliphatic rings. The molecule has 0 amide bonds. The van der Waals surface area contributed by atoms with Crippen LogP contribution < -0.4 is 5.32 Å². The molecule has 1 heterocycles. The fraction of sp³-hybridized carbons (Fsp3) is 0.500. The molecule has 0 saturated carbocycles. The van der Waals surface area contributed by atoms with Gasteiger partial charge in [0.05, 0.1) is 12.6 Å². The van der Waals surface area contributed by atoms with E-state index in [1.54, 1.807) is 0 Å². The highest BCUT2D eigenvalue weighted by Gasteiger charge is 2.22. The fourth-order valence-electron chi connectivity index (χ4n) is 2.15. The van der Waals surface area contributed by atoms with Gasteiger partial charge in [0.25, 0.3) is 0 Å². The Balaban J connectivity index is 2.18. The summed E-state index contributed by atoms with van der Waals surface area (Å²) in [5.74, 6) is 0. The summed E-state index contributed by atoms with van der Waals surface area (Å²) in [6, 6.07) is 8.23. The molecule has 1 fully saturated rings. The highest BCUT2D eigenvalue weighted by Crippen LogP contribution is 2.27. The summed E-state index contributed by atoms with van der Waals surface area (Å²) in [4.78, 5) is 2.33. The molecule has 1 aliphatic heterocycles. The molecule has 0 spiro atoms. The molecule has 3 nitrogen and oxygen atoms in total. The van der Waals surface area contributed by atoms with Crippen molar-refractivity contribution in [2.24, 2.45) is 0 Å². The van der Waals surface area contributed by atoms with Crippen molar-refractivity contribution in [3.05, 3.63) is 34.3 Å². The predicted molar refractivity (Wildman–Crippen MR) is 68.4 cm³/mol. The molecule has 0 radical (unpaired) electrons. The van der Waals surface area contributed by atoms with Crippen molar-refractivity contribution in [3.8, 4) is 0 Å². The molecule has 0 unspecified atom stereocenters. The number of hydrogen-bond donors (Lipinski definition) is 2. The number of piperazine rings is 1. The van der Waals surface area contributed by atoms with Crippen LogP contribution in [0.25, 0.3) is 0 Å². The van der Waals surface area contributed by atoms with Crippen LogP contribution in [0.4, 0.5) is 0 Å². The van der Waals surface area contributed by atoms with Gasteiger partial charge in [-0.25, -0.2) is 0 Å². The lowest BCUT2D eigenvalue weighted by Crippen LogP contribution is -2.46. The Morgan fingerprint density at radius 3 is 2.62 bits per heavy atom. The number of nitrogens with zero attached hydrogens (tertiary/aromatic N) is 1. The van der Waals surface area contributed by atoms with Gasteiger partial charge in [-0.3, -0.25) is 4.90 Å². The number of rotatable bonds is 3. The van der Waals surface area contributed by atoms with Gasteiger partial charge in [0, 0.05) is 30.7 Å². The SMILES string of the molecule is OC[C@H](c1ccccc1Br)N1CCNCC1. The minimum Gasteiger partial charge on any atom is -0.394 e. The number of hydrogen-bond acceptors (Lipinski definition) is 3. The Hall–Kier alpha value is -0.420. The molecule has 88 valence electrons. The van der Waals surface area contributed by atoms with E-state index >= 15 is 0 Å². The molecule has 2 N–H and O–H groups in total. The Kier molecular flexibility index (Phi) is 4.35. The molecule has 1 aromatic carbocycles. The number of nitrogens with one attached hydrogen (secondary N) is 1. The van der Waals surface area contributed by atoms with Crippen molar-refractivity contribution in [2.45, 2.75) is 6.04 Å². The van der Waals surface area contributed by atoms with Crippen LogP contribution in [0.3, 0.4) is 0 Å². The van der Waals surface area contributed by atoms with Crippen molar-refractivity contribution in [2.75, 3.05) is 32.8 Å². The molecular weight excluding hydrogens is 268 g/mol. The number of benzene rings is 1. The van der Waals surface area contributed by atoms with Gasteiger partial charge in [0.15, 0.2) is 0 Å². The largest absolute Gasteiger partial charge is 0.394 e. The molecule has 1 saturated heterocycles. The quantitative estimate of drug-likeness (QED) is 0.881. The van der Waals surface area contributed by atoms with Crippen LogP contribution in [0.5, 0.6) is 0 Å². The van der Waals surface area contributed by atoms with Crippen LogP contribution in [0.2, 0.25) is 0 Å². The number of halogens is 1. The van der Waals surface area contributed by atoms with Gasteiger partial charge >= 0.3 is 0 Å². The molecule has 16 heavy (non-hydrogen) atoms. The zero-order valence-corrected chi connectivity index (χ0v) is 10.8. The molecule has 1 atom stereocenters. The first-order valence-corrected chi connectivity index (χ1v) is 6.42. The predicted octanol–water partition coefficient (Wildman–Crippen LogP) is 1.39. The maximum Gasteiger partial charge on any atom is 0.0629 e. The lowest BCUT2D eigenvalue weighted by Gasteiger charge is -2.34. The summed E-state index contributed by atoms with van der Waals surface area (Å²) in [5.41, 5.74) is 1.17. The average molecular weight is 285 g/mol. The van der Waals surface area contributed by atoms with E-state index in [9.17, 15) is 5.11 Å². The first-order valence-electron chi connectivity index (χ1n) is 5.63. The van der Waals surface area contributed by atoms with Gasteiger partial charge < -0.3 is 10.4 Å². The average Bonchev–Trinajstić information content (AvgIpc) is 2.34. The summed E-state index contributed by atoms with van der Waals surface area (Å²) < 4.78 is 1.08. The topological polar surface area (TPSA) is 35.5 Å². The maximum atomic E-state index is 9.57. The van der Waals surface area contributed by atoms with Gasteiger partial charge in [-0.1, -0.05) is 34.1 Å². The van der Waals surface area contributed by atoms with Gasteiger partial charge in [-0.15, -0.1) is 0 Å². The summed E-state index contributed by atoms with van der Waals surface area (Å²) in [5, 5.41) is 12.9. The van der Waals surface area contributed by atoms with Crippen LogP contribution in [0, 0.1) is 0 Å². The van der Waals surface area contributed by atoms with Crippen molar-refractivity contribution in [3.63, 3.8) is 0 Å². The van der Waals surface area contributed by atoms with Crippen LogP contribution in [-0.4, -0.2) is 42.8 Å². The van der Waals surface area contributed by atoms with Gasteiger partial charge in [-0.05, 0) is 11.6 Å². The monoisotopic (exact) mass is 284 g/mol. The molecule has 2 rings (SSSR count). The van der Waals surface area contributed by atoms with Crippen LogP contribution >= 0.6 is 15.9 Å². The molecule has 0 aromatic heterocycles. The van der Waals surface area contributed by atoms with E-state index in [-0.39, 0.29) is 12.6 Å². The zero-order chi connectivity index (χ0) is 11.4. The number of aliphatic hydroxyl groups excluding tert-OH is 1. The van der Waals surface area contributed by atoms with Crippen molar-refractivity contribution in [1.82, 2.24) is 10.2 Å². The second-order valence-corrected chi connectivity index (χ2v) is 4.86.